The lowest BCUT2D eigenvalue weighted by atomic mass is 9.76. The number of fused-ring (bicyclic) bond motifs is 2. The number of aryl methyl sites for hydroxylation is 1. The molecule has 0 amide bonds. The first kappa shape index (κ1) is 25.1. The van der Waals surface area contributed by atoms with Gasteiger partial charge in [-0.3, -0.25) is 0 Å². The second kappa shape index (κ2) is 10.8. The number of rotatable bonds is 8. The van der Waals surface area contributed by atoms with Crippen LogP contribution in [0.2, 0.25) is 0 Å². The third-order valence-electron chi connectivity index (χ3n) is 8.03. The lowest BCUT2D eigenvalue weighted by Crippen LogP contribution is -2.46. The number of halogens is 1. The van der Waals surface area contributed by atoms with E-state index < -0.39 is 10.0 Å². The van der Waals surface area contributed by atoms with Crippen molar-refractivity contribution in [2.45, 2.75) is 67.8 Å². The van der Waals surface area contributed by atoms with E-state index in [1.54, 1.807) is 24.3 Å². The Morgan fingerprint density at radius 3 is 2.50 bits per heavy atom. The Hall–Kier alpha value is -2.54. The molecule has 190 valence electrons. The van der Waals surface area contributed by atoms with E-state index in [0.717, 1.165) is 61.3 Å². The molecule has 2 aliphatic carbocycles. The second-order valence-corrected chi connectivity index (χ2v) is 12.1. The zero-order valence-electron chi connectivity index (χ0n) is 20.6. The Balaban J connectivity index is 1.15. The van der Waals surface area contributed by atoms with Crippen LogP contribution in [0.25, 0.3) is 10.8 Å². The van der Waals surface area contributed by atoms with Crippen molar-refractivity contribution in [2.24, 2.45) is 5.92 Å². The Morgan fingerprint density at radius 1 is 0.944 bits per heavy atom. The first-order valence-electron chi connectivity index (χ1n) is 13.1. The van der Waals surface area contributed by atoms with Gasteiger partial charge in [0.1, 0.15) is 5.82 Å². The summed E-state index contributed by atoms with van der Waals surface area (Å²) in [6, 6.07) is 19.1. The van der Waals surface area contributed by atoms with Gasteiger partial charge in [-0.2, -0.15) is 0 Å². The van der Waals surface area contributed by atoms with E-state index >= 15 is 0 Å². The van der Waals surface area contributed by atoms with Crippen molar-refractivity contribution < 1.29 is 12.8 Å². The summed E-state index contributed by atoms with van der Waals surface area (Å²) in [6.07, 6.45) is 8.81. The number of allylic oxidation sites excluding steroid dienone is 1. The molecule has 0 saturated heterocycles. The van der Waals surface area contributed by atoms with Gasteiger partial charge in [0, 0.05) is 24.5 Å². The van der Waals surface area contributed by atoms with Crippen molar-refractivity contribution in [2.75, 3.05) is 6.54 Å². The molecule has 2 N–H and O–H groups in total. The minimum atomic E-state index is -3.53. The third-order valence-corrected chi connectivity index (χ3v) is 9.45. The van der Waals surface area contributed by atoms with Crippen molar-refractivity contribution in [1.82, 2.24) is 10.0 Å². The molecular weight excluding hydrogens is 471 g/mol. The van der Waals surface area contributed by atoms with Gasteiger partial charge in [-0.15, -0.1) is 6.58 Å². The maximum atomic E-state index is 13.7. The van der Waals surface area contributed by atoms with Crippen molar-refractivity contribution in [3.63, 3.8) is 0 Å². The summed E-state index contributed by atoms with van der Waals surface area (Å²) in [5, 5.41) is 5.87. The van der Waals surface area contributed by atoms with E-state index in [-0.39, 0.29) is 5.82 Å². The van der Waals surface area contributed by atoms with Crippen LogP contribution in [0.15, 0.2) is 78.2 Å². The zero-order valence-corrected chi connectivity index (χ0v) is 21.4. The van der Waals surface area contributed by atoms with E-state index in [4.69, 9.17) is 0 Å². The molecule has 0 spiro atoms. The quantitative estimate of drug-likeness (QED) is 0.364. The van der Waals surface area contributed by atoms with Crippen molar-refractivity contribution >= 4 is 20.8 Å². The highest BCUT2D eigenvalue weighted by atomic mass is 32.2. The minimum Gasteiger partial charge on any atom is -0.311 e. The number of hydrogen-bond donors (Lipinski definition) is 2. The second-order valence-electron chi connectivity index (χ2n) is 10.4. The highest BCUT2D eigenvalue weighted by molar-refractivity contribution is 7.89. The molecule has 1 fully saturated rings. The molecule has 4 nitrogen and oxygen atoms in total. The first-order valence-corrected chi connectivity index (χ1v) is 14.5. The minimum absolute atomic E-state index is 0.160. The van der Waals surface area contributed by atoms with E-state index in [1.807, 2.05) is 42.5 Å². The predicted molar refractivity (Wildman–Crippen MR) is 144 cm³/mol. The molecule has 0 heterocycles. The number of sulfonamides is 1. The molecule has 0 unspecified atom stereocenters. The molecule has 6 heteroatoms. The van der Waals surface area contributed by atoms with Crippen LogP contribution in [0.5, 0.6) is 0 Å². The SMILES string of the molecule is C=CC[C@H]1c2ccc(F)cc2CC[C@H]1NC1CCC(CNS(=O)(=O)c2ccc3ccccc3c2)CC1. The number of benzene rings is 3. The summed E-state index contributed by atoms with van der Waals surface area (Å²) in [4.78, 5) is 0.322. The Labute approximate surface area is 214 Å². The van der Waals surface area contributed by atoms with Gasteiger partial charge in [0.25, 0.3) is 0 Å². The monoisotopic (exact) mass is 506 g/mol. The molecular formula is C30H35FN2O2S. The number of nitrogens with one attached hydrogen (secondary N) is 2. The van der Waals surface area contributed by atoms with Gasteiger partial charge < -0.3 is 5.32 Å². The van der Waals surface area contributed by atoms with E-state index in [9.17, 15) is 12.8 Å². The van der Waals surface area contributed by atoms with E-state index in [2.05, 4.69) is 16.6 Å². The molecule has 0 bridgehead atoms. The normalized spacial score (nSPS) is 24.4. The van der Waals surface area contributed by atoms with Gasteiger partial charge in [-0.05, 0) is 97.0 Å². The summed E-state index contributed by atoms with van der Waals surface area (Å²) in [6.45, 7) is 4.43. The zero-order chi connectivity index (χ0) is 25.1. The van der Waals surface area contributed by atoms with Crippen LogP contribution < -0.4 is 10.0 Å². The van der Waals surface area contributed by atoms with Crippen LogP contribution in [-0.2, 0) is 16.4 Å². The summed E-state index contributed by atoms with van der Waals surface area (Å²) in [7, 11) is -3.53. The van der Waals surface area contributed by atoms with Gasteiger partial charge in [0.15, 0.2) is 0 Å². The fourth-order valence-electron chi connectivity index (χ4n) is 6.03. The molecule has 2 atom stereocenters. The van der Waals surface area contributed by atoms with Gasteiger partial charge in [0.05, 0.1) is 4.90 Å². The fourth-order valence-corrected chi connectivity index (χ4v) is 7.18. The highest BCUT2D eigenvalue weighted by Crippen LogP contribution is 2.36. The molecule has 3 aromatic carbocycles. The Bertz CT molecular complexity index is 1330. The third kappa shape index (κ3) is 5.56. The van der Waals surface area contributed by atoms with Gasteiger partial charge >= 0.3 is 0 Å². The molecule has 0 aliphatic heterocycles. The first-order chi connectivity index (χ1) is 17.4. The lowest BCUT2D eigenvalue weighted by molar-refractivity contribution is 0.252. The van der Waals surface area contributed by atoms with Gasteiger partial charge in [0.2, 0.25) is 10.0 Å². The molecule has 0 aromatic heterocycles. The Kier molecular flexibility index (Phi) is 7.56. The van der Waals surface area contributed by atoms with Crippen LogP contribution in [-0.4, -0.2) is 27.0 Å². The summed E-state index contributed by atoms with van der Waals surface area (Å²) >= 11 is 0. The van der Waals surface area contributed by atoms with Gasteiger partial charge in [-0.1, -0.05) is 42.5 Å². The van der Waals surface area contributed by atoms with E-state index in [1.165, 1.54) is 5.56 Å². The van der Waals surface area contributed by atoms with Crippen LogP contribution >= 0.6 is 0 Å². The summed E-state index contributed by atoms with van der Waals surface area (Å²) in [5.74, 6) is 0.503. The van der Waals surface area contributed by atoms with Crippen molar-refractivity contribution in [1.29, 1.82) is 0 Å². The molecule has 5 rings (SSSR count). The van der Waals surface area contributed by atoms with Crippen LogP contribution in [0.3, 0.4) is 0 Å². The van der Waals surface area contributed by atoms with Gasteiger partial charge in [-0.25, -0.2) is 17.5 Å². The maximum absolute atomic E-state index is 13.7. The maximum Gasteiger partial charge on any atom is 0.240 e. The predicted octanol–water partition coefficient (Wildman–Crippen LogP) is 6.08. The molecule has 3 aromatic rings. The smallest absolute Gasteiger partial charge is 0.240 e. The average Bonchev–Trinajstić information content (AvgIpc) is 2.89. The van der Waals surface area contributed by atoms with Crippen LogP contribution in [0.1, 0.15) is 55.6 Å². The van der Waals surface area contributed by atoms with Crippen LogP contribution in [0, 0.1) is 11.7 Å². The highest BCUT2D eigenvalue weighted by Gasteiger charge is 2.32. The summed E-state index contributed by atoms with van der Waals surface area (Å²) < 4.78 is 42.4. The molecule has 0 radical (unpaired) electrons. The molecule has 1 saturated carbocycles. The average molecular weight is 507 g/mol. The topological polar surface area (TPSA) is 58.2 Å². The van der Waals surface area contributed by atoms with E-state index in [0.29, 0.717) is 35.4 Å². The van der Waals surface area contributed by atoms with Crippen molar-refractivity contribution in [3.05, 3.63) is 90.3 Å². The largest absolute Gasteiger partial charge is 0.311 e. The Morgan fingerprint density at radius 2 is 1.72 bits per heavy atom. The number of hydrogen-bond acceptors (Lipinski definition) is 3. The fraction of sp³-hybridized carbons (Fsp3) is 0.400. The van der Waals surface area contributed by atoms with Crippen molar-refractivity contribution in [3.8, 4) is 0 Å². The molecule has 2 aliphatic rings. The van der Waals surface area contributed by atoms with Crippen LogP contribution in [0.4, 0.5) is 4.39 Å². The molecule has 36 heavy (non-hydrogen) atoms. The lowest BCUT2D eigenvalue weighted by Gasteiger charge is -2.38. The summed E-state index contributed by atoms with van der Waals surface area (Å²) in [5.41, 5.74) is 2.37. The standard InChI is InChI=1S/C30H35FN2O2S/c1-2-5-29-28-16-12-25(31)18-24(28)11-17-30(29)33-26-13-8-21(9-14-26)20-32-36(34,35)27-15-10-22-6-3-4-7-23(22)19-27/h2-4,6-7,10,12,15-16,18-19,21,26,29-30,32-33H,1,5,8-9,11,13-14,17,20H2/t21?,26?,29-,30+/m0/s1.